The molecule has 0 saturated heterocycles. The summed E-state index contributed by atoms with van der Waals surface area (Å²) in [7, 11) is 0. The number of fused-ring (bicyclic) bond motifs is 1. The molecule has 0 fully saturated rings. The molecule has 1 heteroatoms. The molecule has 0 radical (unpaired) electrons. The Labute approximate surface area is 135 Å². The Bertz CT molecular complexity index is 642. The van der Waals surface area contributed by atoms with E-state index < -0.39 is 0 Å². The molecule has 0 bridgehead atoms. The van der Waals surface area contributed by atoms with Gasteiger partial charge in [0, 0.05) is 11.1 Å². The van der Waals surface area contributed by atoms with Gasteiger partial charge in [0.1, 0.15) is 0 Å². The first kappa shape index (κ1) is 16.6. The maximum atomic E-state index is 6.04. The van der Waals surface area contributed by atoms with Crippen LogP contribution in [0.5, 0.6) is 0 Å². The molecule has 0 unspecified atom stereocenters. The van der Waals surface area contributed by atoms with E-state index in [9.17, 15) is 0 Å². The first-order valence-electron chi connectivity index (χ1n) is 8.33. The fraction of sp³-hybridized carbons (Fsp3) is 0.429. The van der Waals surface area contributed by atoms with Crippen molar-refractivity contribution in [1.29, 1.82) is 0 Å². The van der Waals surface area contributed by atoms with Gasteiger partial charge in [-0.2, -0.15) is 0 Å². The topological polar surface area (TPSA) is 26.0 Å². The summed E-state index contributed by atoms with van der Waals surface area (Å²) in [5.41, 5.74) is 14.5. The molecule has 22 heavy (non-hydrogen) atoms. The standard InChI is InChI=1S/C21H29N/c1-6-8-9-17(22)12-10-16-11-13-18-15(3)19(7-2)21(4,5)20(18)14-16/h6,8-9,11,13-14H,7,10,12,22H2,1-5H3/b8-6-,17-9+. The van der Waals surface area contributed by atoms with E-state index in [-0.39, 0.29) is 5.41 Å². The van der Waals surface area contributed by atoms with Gasteiger partial charge in [0.2, 0.25) is 0 Å². The molecule has 1 aromatic carbocycles. The van der Waals surface area contributed by atoms with Crippen LogP contribution in [0.25, 0.3) is 5.57 Å². The first-order chi connectivity index (χ1) is 10.4. The van der Waals surface area contributed by atoms with Crippen LogP contribution in [0.3, 0.4) is 0 Å². The van der Waals surface area contributed by atoms with Gasteiger partial charge in [-0.1, -0.05) is 56.7 Å². The maximum Gasteiger partial charge on any atom is 0.0117 e. The summed E-state index contributed by atoms with van der Waals surface area (Å²) in [5, 5.41) is 0. The summed E-state index contributed by atoms with van der Waals surface area (Å²) in [4.78, 5) is 0. The third kappa shape index (κ3) is 3.04. The first-order valence-corrected chi connectivity index (χ1v) is 8.33. The summed E-state index contributed by atoms with van der Waals surface area (Å²) < 4.78 is 0. The molecule has 1 nitrogen and oxygen atoms in total. The van der Waals surface area contributed by atoms with Gasteiger partial charge in [0.15, 0.2) is 0 Å². The molecule has 0 aromatic heterocycles. The van der Waals surface area contributed by atoms with Gasteiger partial charge in [-0.05, 0) is 61.4 Å². The summed E-state index contributed by atoms with van der Waals surface area (Å²) >= 11 is 0. The SMILES string of the molecule is C/C=C\C=C(\N)CCc1ccc2c(c1)C(C)(C)C(CC)=C2C. The van der Waals surface area contributed by atoms with Gasteiger partial charge in [-0.15, -0.1) is 0 Å². The summed E-state index contributed by atoms with van der Waals surface area (Å²) in [6.45, 7) is 11.2. The van der Waals surface area contributed by atoms with Crippen LogP contribution in [0.2, 0.25) is 0 Å². The smallest absolute Gasteiger partial charge is 0.0117 e. The normalized spacial score (nSPS) is 17.4. The zero-order chi connectivity index (χ0) is 16.3. The second-order valence-corrected chi connectivity index (χ2v) is 6.73. The minimum absolute atomic E-state index is 0.163. The van der Waals surface area contributed by atoms with Crippen molar-refractivity contribution in [2.24, 2.45) is 5.73 Å². The van der Waals surface area contributed by atoms with E-state index in [0.29, 0.717) is 0 Å². The van der Waals surface area contributed by atoms with Gasteiger partial charge in [-0.25, -0.2) is 0 Å². The van der Waals surface area contributed by atoms with Crippen LogP contribution in [0.15, 0.2) is 47.7 Å². The Morgan fingerprint density at radius 3 is 2.64 bits per heavy atom. The van der Waals surface area contributed by atoms with Gasteiger partial charge >= 0.3 is 0 Å². The molecule has 2 rings (SSSR count). The Balaban J connectivity index is 2.22. The Morgan fingerprint density at radius 2 is 2.00 bits per heavy atom. The van der Waals surface area contributed by atoms with Crippen molar-refractivity contribution in [2.75, 3.05) is 0 Å². The fourth-order valence-corrected chi connectivity index (χ4v) is 3.68. The molecule has 0 atom stereocenters. The molecular weight excluding hydrogens is 266 g/mol. The number of nitrogens with two attached hydrogens (primary N) is 1. The van der Waals surface area contributed by atoms with Crippen molar-refractivity contribution < 1.29 is 0 Å². The van der Waals surface area contributed by atoms with Gasteiger partial charge in [0.25, 0.3) is 0 Å². The predicted octanol–water partition coefficient (Wildman–Crippen LogP) is 5.51. The molecule has 0 amide bonds. The Kier molecular flexibility index (Phi) is 4.95. The zero-order valence-corrected chi connectivity index (χ0v) is 14.7. The van der Waals surface area contributed by atoms with E-state index >= 15 is 0 Å². The van der Waals surface area contributed by atoms with E-state index in [2.05, 4.69) is 45.9 Å². The average molecular weight is 295 g/mol. The number of allylic oxidation sites excluding steroid dienone is 6. The number of hydrogen-bond acceptors (Lipinski definition) is 1. The number of aryl methyl sites for hydroxylation is 1. The van der Waals surface area contributed by atoms with Crippen molar-refractivity contribution in [1.82, 2.24) is 0 Å². The highest BCUT2D eigenvalue weighted by molar-refractivity contribution is 5.79. The fourth-order valence-electron chi connectivity index (χ4n) is 3.68. The molecule has 0 aliphatic heterocycles. The van der Waals surface area contributed by atoms with Crippen LogP contribution in [0.1, 0.15) is 64.2 Å². The number of rotatable bonds is 5. The zero-order valence-electron chi connectivity index (χ0n) is 14.7. The predicted molar refractivity (Wildman–Crippen MR) is 97.8 cm³/mol. The molecule has 1 aromatic rings. The highest BCUT2D eigenvalue weighted by atomic mass is 14.6. The third-order valence-electron chi connectivity index (χ3n) is 4.93. The van der Waals surface area contributed by atoms with Crippen LogP contribution in [-0.2, 0) is 11.8 Å². The molecule has 118 valence electrons. The second-order valence-electron chi connectivity index (χ2n) is 6.73. The lowest BCUT2D eigenvalue weighted by Crippen LogP contribution is -2.17. The van der Waals surface area contributed by atoms with Crippen LogP contribution in [-0.4, -0.2) is 0 Å². The minimum atomic E-state index is 0.163. The summed E-state index contributed by atoms with van der Waals surface area (Å²) in [6, 6.07) is 6.96. The minimum Gasteiger partial charge on any atom is -0.402 e. The maximum absolute atomic E-state index is 6.04. The van der Waals surface area contributed by atoms with Crippen molar-refractivity contribution in [3.63, 3.8) is 0 Å². The largest absolute Gasteiger partial charge is 0.402 e. The van der Waals surface area contributed by atoms with Crippen LogP contribution in [0, 0.1) is 0 Å². The van der Waals surface area contributed by atoms with Crippen LogP contribution < -0.4 is 5.73 Å². The van der Waals surface area contributed by atoms with Crippen LogP contribution >= 0.6 is 0 Å². The third-order valence-corrected chi connectivity index (χ3v) is 4.93. The van der Waals surface area contributed by atoms with Crippen molar-refractivity contribution in [3.8, 4) is 0 Å². The molecule has 0 spiro atoms. The molecule has 2 N–H and O–H groups in total. The molecule has 1 aliphatic rings. The highest BCUT2D eigenvalue weighted by Crippen LogP contribution is 2.47. The van der Waals surface area contributed by atoms with Gasteiger partial charge in [0.05, 0.1) is 0 Å². The monoisotopic (exact) mass is 295 g/mol. The van der Waals surface area contributed by atoms with Gasteiger partial charge in [-0.3, -0.25) is 0 Å². The molecule has 1 aliphatic carbocycles. The van der Waals surface area contributed by atoms with Crippen molar-refractivity contribution in [3.05, 3.63) is 64.4 Å². The van der Waals surface area contributed by atoms with E-state index in [0.717, 1.165) is 25.0 Å². The van der Waals surface area contributed by atoms with Crippen LogP contribution in [0.4, 0.5) is 0 Å². The lowest BCUT2D eigenvalue weighted by Gasteiger charge is -2.24. The summed E-state index contributed by atoms with van der Waals surface area (Å²) in [5.74, 6) is 0. The number of benzene rings is 1. The van der Waals surface area contributed by atoms with Crippen molar-refractivity contribution in [2.45, 2.75) is 59.3 Å². The Morgan fingerprint density at radius 1 is 1.27 bits per heavy atom. The second kappa shape index (κ2) is 6.56. The number of hydrogen-bond donors (Lipinski definition) is 1. The van der Waals surface area contributed by atoms with E-state index in [1.807, 2.05) is 25.2 Å². The van der Waals surface area contributed by atoms with E-state index in [1.54, 1.807) is 5.57 Å². The quantitative estimate of drug-likeness (QED) is 0.712. The van der Waals surface area contributed by atoms with Gasteiger partial charge < -0.3 is 5.73 Å². The lowest BCUT2D eigenvalue weighted by molar-refractivity contribution is 0.616. The van der Waals surface area contributed by atoms with Crippen molar-refractivity contribution >= 4 is 5.57 Å². The lowest BCUT2D eigenvalue weighted by atomic mass is 9.79. The van der Waals surface area contributed by atoms with E-state index in [1.165, 1.54) is 22.3 Å². The average Bonchev–Trinajstić information content (AvgIpc) is 2.69. The Hall–Kier alpha value is -1.76. The summed E-state index contributed by atoms with van der Waals surface area (Å²) in [6.07, 6.45) is 9.05. The highest BCUT2D eigenvalue weighted by Gasteiger charge is 2.34. The van der Waals surface area contributed by atoms with E-state index in [4.69, 9.17) is 5.73 Å². The molecular formula is C21H29N. The molecule has 0 heterocycles. The molecule has 0 saturated carbocycles.